The Morgan fingerprint density at radius 1 is 0.353 bits per heavy atom. The summed E-state index contributed by atoms with van der Waals surface area (Å²) in [6.07, 6.45) is 17.6. The molecule has 0 radical (unpaired) electrons. The van der Waals surface area contributed by atoms with Crippen molar-refractivity contribution in [3.8, 4) is 0 Å². The van der Waals surface area contributed by atoms with Gasteiger partial charge in [-0.05, 0) is 20.3 Å². The summed E-state index contributed by atoms with van der Waals surface area (Å²) < 4.78 is 59.9. The highest BCUT2D eigenvalue weighted by atomic mass is 16.6. The Bertz CT molecular complexity index is 656. The summed E-state index contributed by atoms with van der Waals surface area (Å²) in [4.78, 5) is 11.9. The van der Waals surface area contributed by atoms with Gasteiger partial charge in [0.05, 0.1) is 132 Å². The lowest BCUT2D eigenvalue weighted by Crippen LogP contribution is -2.15. The normalized spacial score (nSPS) is 11.6. The van der Waals surface area contributed by atoms with E-state index >= 15 is 0 Å². The smallest absolute Gasteiger partial charge is 0.305 e. The summed E-state index contributed by atoms with van der Waals surface area (Å²) in [5, 5.41) is 0. The summed E-state index contributed by atoms with van der Waals surface area (Å²) in [7, 11) is 0. The fourth-order valence-electron chi connectivity index (χ4n) is 4.78. The Kier molecular flexibility index (Phi) is 44.4. The first-order chi connectivity index (χ1) is 25.2. The zero-order valence-electron chi connectivity index (χ0n) is 33.0. The molecule has 0 heterocycles. The van der Waals surface area contributed by atoms with Crippen molar-refractivity contribution < 1.29 is 56.9 Å². The third-order valence-corrected chi connectivity index (χ3v) is 7.63. The van der Waals surface area contributed by atoms with E-state index < -0.39 is 0 Å². The topological polar surface area (TPSA) is 119 Å². The molecule has 0 aliphatic carbocycles. The number of carbonyl (C=O) groups excluding carboxylic acids is 1. The fourth-order valence-corrected chi connectivity index (χ4v) is 4.78. The number of hydrogen-bond donors (Lipinski definition) is 0. The van der Waals surface area contributed by atoms with Gasteiger partial charge in [-0.25, -0.2) is 0 Å². The second kappa shape index (κ2) is 45.2. The van der Waals surface area contributed by atoms with E-state index in [0.29, 0.717) is 139 Å². The molecular weight excluding hydrogens is 660 g/mol. The molecule has 0 atom stereocenters. The molecule has 0 aliphatic heterocycles. The van der Waals surface area contributed by atoms with Crippen molar-refractivity contribution in [3.05, 3.63) is 0 Å². The summed E-state index contributed by atoms with van der Waals surface area (Å²) in [6, 6.07) is 0. The Hall–Kier alpha value is -0.930. The number of ether oxygens (including phenoxy) is 11. The fraction of sp³-hybridized carbons (Fsp3) is 0.974. The summed E-state index contributed by atoms with van der Waals surface area (Å²) >= 11 is 0. The van der Waals surface area contributed by atoms with Crippen LogP contribution in [0.5, 0.6) is 0 Å². The second-order valence-electron chi connectivity index (χ2n) is 12.6. The van der Waals surface area contributed by atoms with Gasteiger partial charge in [0.25, 0.3) is 0 Å². The number of esters is 1. The average Bonchev–Trinajstić information content (AvgIpc) is 3.12. The first-order valence-electron chi connectivity index (χ1n) is 20.1. The highest BCUT2D eigenvalue weighted by molar-refractivity contribution is 5.69. The van der Waals surface area contributed by atoms with Gasteiger partial charge in [0, 0.05) is 6.42 Å². The maximum atomic E-state index is 11.9. The van der Waals surface area contributed by atoms with Gasteiger partial charge in [-0.15, -0.1) is 0 Å². The Morgan fingerprint density at radius 2 is 0.608 bits per heavy atom. The molecule has 0 fully saturated rings. The molecule has 0 unspecified atom stereocenters. The van der Waals surface area contributed by atoms with E-state index in [9.17, 15) is 4.79 Å². The van der Waals surface area contributed by atoms with Gasteiger partial charge in [0.15, 0.2) is 0 Å². The van der Waals surface area contributed by atoms with Gasteiger partial charge in [0.2, 0.25) is 0 Å². The van der Waals surface area contributed by atoms with Crippen molar-refractivity contribution in [2.24, 2.45) is 0 Å². The Balaban J connectivity index is 3.12. The van der Waals surface area contributed by atoms with Crippen LogP contribution < -0.4 is 0 Å². The maximum Gasteiger partial charge on any atom is 0.305 e. The van der Waals surface area contributed by atoms with Crippen molar-refractivity contribution >= 4 is 5.97 Å². The van der Waals surface area contributed by atoms with Crippen molar-refractivity contribution in [1.29, 1.82) is 0 Å². The van der Waals surface area contributed by atoms with Crippen LogP contribution in [-0.2, 0) is 56.9 Å². The standard InChI is InChI=1S/C39H78O12/c1-4-5-6-7-8-9-10-11-12-13-14-15-16-17-39(40)51-37-35-49-33-31-47-29-27-45-25-23-43-21-19-41-18-20-42-22-24-44-26-28-46-30-32-48-34-36-50-38(2)3/h38H,4-37H2,1-3H3. The average molecular weight is 739 g/mol. The monoisotopic (exact) mass is 739 g/mol. The Morgan fingerprint density at radius 3 is 0.902 bits per heavy atom. The van der Waals surface area contributed by atoms with Crippen molar-refractivity contribution in [1.82, 2.24) is 0 Å². The molecule has 0 saturated heterocycles. The summed E-state index contributed by atoms with van der Waals surface area (Å²) in [5.74, 6) is -0.130. The van der Waals surface area contributed by atoms with Crippen LogP contribution in [0.25, 0.3) is 0 Å². The molecule has 0 spiro atoms. The highest BCUT2D eigenvalue weighted by Crippen LogP contribution is 2.13. The molecule has 0 aliphatic rings. The molecule has 306 valence electrons. The van der Waals surface area contributed by atoms with Gasteiger partial charge >= 0.3 is 5.97 Å². The molecule has 0 amide bonds. The first-order valence-corrected chi connectivity index (χ1v) is 20.1. The highest BCUT2D eigenvalue weighted by Gasteiger charge is 2.03. The number of hydrogen-bond acceptors (Lipinski definition) is 12. The minimum atomic E-state index is -0.130. The van der Waals surface area contributed by atoms with Crippen LogP contribution in [0.2, 0.25) is 0 Å². The van der Waals surface area contributed by atoms with Crippen LogP contribution in [0.4, 0.5) is 0 Å². The van der Waals surface area contributed by atoms with Crippen molar-refractivity contribution in [2.75, 3.05) is 132 Å². The third kappa shape index (κ3) is 47.0. The predicted octanol–water partition coefficient (Wildman–Crippen LogP) is 6.59. The van der Waals surface area contributed by atoms with Gasteiger partial charge in [-0.2, -0.15) is 0 Å². The molecule has 0 aromatic rings. The third-order valence-electron chi connectivity index (χ3n) is 7.63. The number of carbonyl (C=O) groups is 1. The zero-order valence-corrected chi connectivity index (χ0v) is 33.0. The first kappa shape index (κ1) is 50.1. The van der Waals surface area contributed by atoms with Gasteiger partial charge in [-0.3, -0.25) is 4.79 Å². The van der Waals surface area contributed by atoms with E-state index in [1.807, 2.05) is 13.8 Å². The molecule has 0 rings (SSSR count). The van der Waals surface area contributed by atoms with Gasteiger partial charge in [0.1, 0.15) is 6.61 Å². The zero-order chi connectivity index (χ0) is 37.0. The van der Waals surface area contributed by atoms with Crippen LogP contribution in [0.15, 0.2) is 0 Å². The largest absolute Gasteiger partial charge is 0.463 e. The van der Waals surface area contributed by atoms with Crippen LogP contribution in [0, 0.1) is 0 Å². The van der Waals surface area contributed by atoms with Crippen LogP contribution in [0.3, 0.4) is 0 Å². The second-order valence-corrected chi connectivity index (χ2v) is 12.6. The quantitative estimate of drug-likeness (QED) is 0.0496. The van der Waals surface area contributed by atoms with Gasteiger partial charge in [-0.1, -0.05) is 84.0 Å². The molecule has 0 aromatic heterocycles. The lowest BCUT2D eigenvalue weighted by atomic mass is 10.0. The van der Waals surface area contributed by atoms with Crippen LogP contribution in [-0.4, -0.2) is 144 Å². The molecule has 51 heavy (non-hydrogen) atoms. The van der Waals surface area contributed by atoms with E-state index in [0.717, 1.165) is 12.8 Å². The molecule has 0 saturated carbocycles. The maximum absolute atomic E-state index is 11.9. The van der Waals surface area contributed by atoms with E-state index in [-0.39, 0.29) is 12.1 Å². The SMILES string of the molecule is CCCCCCCCCCCCCCCC(=O)OCCOCCOCCOCCOCCOCCOCCOCCOCCOCCOC(C)C. The van der Waals surface area contributed by atoms with E-state index in [1.54, 1.807) is 0 Å². The van der Waals surface area contributed by atoms with Gasteiger partial charge < -0.3 is 52.1 Å². The summed E-state index contributed by atoms with van der Waals surface area (Å²) in [5.41, 5.74) is 0. The van der Waals surface area contributed by atoms with E-state index in [2.05, 4.69) is 6.92 Å². The van der Waals surface area contributed by atoms with Crippen LogP contribution in [0.1, 0.15) is 111 Å². The van der Waals surface area contributed by atoms with E-state index in [1.165, 1.54) is 70.6 Å². The number of rotatable bonds is 45. The van der Waals surface area contributed by atoms with Crippen LogP contribution >= 0.6 is 0 Å². The van der Waals surface area contributed by atoms with Crippen molar-refractivity contribution in [3.63, 3.8) is 0 Å². The minimum absolute atomic E-state index is 0.130. The summed E-state index contributed by atoms with van der Waals surface area (Å²) in [6.45, 7) is 16.3. The molecular formula is C39H78O12. The lowest BCUT2D eigenvalue weighted by Gasteiger charge is -2.09. The molecule has 12 nitrogen and oxygen atoms in total. The molecule has 12 heteroatoms. The Labute approximate surface area is 311 Å². The van der Waals surface area contributed by atoms with E-state index in [4.69, 9.17) is 52.1 Å². The predicted molar refractivity (Wildman–Crippen MR) is 200 cm³/mol. The molecule has 0 N–H and O–H groups in total. The van der Waals surface area contributed by atoms with Crippen molar-refractivity contribution in [2.45, 2.75) is 117 Å². The molecule has 0 aromatic carbocycles. The molecule has 0 bridgehead atoms. The lowest BCUT2D eigenvalue weighted by molar-refractivity contribution is -0.145. The minimum Gasteiger partial charge on any atom is -0.463 e. The number of unbranched alkanes of at least 4 members (excludes halogenated alkanes) is 12.